The minimum Gasteiger partial charge on any atom is -0.387 e. The lowest BCUT2D eigenvalue weighted by molar-refractivity contribution is 0.194. The smallest absolute Gasteiger partial charge is 0.211 e. The molecule has 1 unspecified atom stereocenters. The Hall–Kier alpha value is -0.890. The van der Waals surface area contributed by atoms with Crippen molar-refractivity contribution in [3.63, 3.8) is 0 Å². The molecule has 0 amide bonds. The molecule has 0 aliphatic rings. The first kappa shape index (κ1) is 4.94. The van der Waals surface area contributed by atoms with Crippen LogP contribution < -0.4 is 0 Å². The van der Waals surface area contributed by atoms with Gasteiger partial charge in [0.15, 0.2) is 0 Å². The highest BCUT2D eigenvalue weighted by atomic mass is 16.3. The number of aliphatic hydroxyl groups is 1. The number of aromatic nitrogens is 1. The van der Waals surface area contributed by atoms with Crippen molar-refractivity contribution in [2.75, 3.05) is 0 Å². The van der Waals surface area contributed by atoms with Gasteiger partial charge in [-0.05, 0) is 19.1 Å². The summed E-state index contributed by atoms with van der Waals surface area (Å²) < 4.78 is 6.61. The SMILES string of the molecule is [2H]OC(C)c1ccccn1. The van der Waals surface area contributed by atoms with E-state index in [0.717, 1.165) is 5.69 Å². The van der Waals surface area contributed by atoms with Crippen LogP contribution >= 0.6 is 0 Å². The summed E-state index contributed by atoms with van der Waals surface area (Å²) in [6.07, 6.45) is 1.45. The molecular formula is C7H9NO. The molecular weight excluding hydrogens is 114 g/mol. The van der Waals surface area contributed by atoms with Crippen molar-refractivity contribution < 1.29 is 5.11 Å². The second-order valence-corrected chi connectivity index (χ2v) is 1.90. The van der Waals surface area contributed by atoms with Gasteiger partial charge in [-0.25, -0.2) is 0 Å². The van der Waals surface area contributed by atoms with Gasteiger partial charge in [-0.2, -0.15) is 0 Å². The maximum atomic E-state index is 6.61. The third-order valence-corrected chi connectivity index (χ3v) is 1.10. The highest BCUT2D eigenvalue weighted by Crippen LogP contribution is 2.05. The third kappa shape index (κ3) is 1.50. The van der Waals surface area contributed by atoms with Gasteiger partial charge >= 0.3 is 0 Å². The Labute approximate surface area is 55.7 Å². The number of hydrogen-bond donors (Lipinski definition) is 1. The quantitative estimate of drug-likeness (QED) is 0.641. The van der Waals surface area contributed by atoms with E-state index >= 15 is 0 Å². The van der Waals surface area contributed by atoms with E-state index in [0.29, 0.717) is 0 Å². The fourth-order valence-corrected chi connectivity index (χ4v) is 0.616. The predicted octanol–water partition coefficient (Wildman–Crippen LogP) is 1.13. The first-order chi connectivity index (χ1) is 4.84. The van der Waals surface area contributed by atoms with Crippen molar-refractivity contribution in [1.29, 1.82) is 1.43 Å². The van der Waals surface area contributed by atoms with Crippen LogP contribution in [0, 0.1) is 0 Å². The zero-order chi connectivity index (χ0) is 7.40. The summed E-state index contributed by atoms with van der Waals surface area (Å²) in [5.41, 5.74) is 0.789. The van der Waals surface area contributed by atoms with E-state index in [-0.39, 0.29) is 6.10 Å². The Kier molecular flexibility index (Phi) is 1.43. The molecule has 0 aliphatic heterocycles. The molecule has 0 bridgehead atoms. The summed E-state index contributed by atoms with van der Waals surface area (Å²) in [5.74, 6) is 0. The van der Waals surface area contributed by atoms with E-state index < -0.39 is 0 Å². The molecule has 48 valence electrons. The molecule has 2 nitrogen and oxygen atoms in total. The zero-order valence-corrected chi connectivity index (χ0v) is 5.24. The minimum atomic E-state index is -0.235. The number of aliphatic hydroxyl groups excluding tert-OH is 1. The van der Waals surface area contributed by atoms with Gasteiger partial charge in [-0.1, -0.05) is 6.07 Å². The highest BCUT2D eigenvalue weighted by Gasteiger charge is 1.97. The van der Waals surface area contributed by atoms with Crippen LogP contribution in [0.5, 0.6) is 0 Å². The van der Waals surface area contributed by atoms with E-state index in [1.807, 2.05) is 18.2 Å². The Bertz CT molecular complexity index is 190. The number of nitrogens with zero attached hydrogens (tertiary/aromatic N) is 1. The van der Waals surface area contributed by atoms with Crippen molar-refractivity contribution in [3.8, 4) is 0 Å². The zero-order valence-electron chi connectivity index (χ0n) is 6.24. The number of hydrogen-bond acceptors (Lipinski definition) is 2. The van der Waals surface area contributed by atoms with Crippen molar-refractivity contribution in [2.45, 2.75) is 13.0 Å². The predicted molar refractivity (Wildman–Crippen MR) is 34.9 cm³/mol. The van der Waals surface area contributed by atoms with Crippen molar-refractivity contribution in [1.82, 2.24) is 4.98 Å². The fraction of sp³-hybridized carbons (Fsp3) is 0.286. The van der Waals surface area contributed by atoms with Gasteiger partial charge in [-0.3, -0.25) is 4.98 Å². The van der Waals surface area contributed by atoms with Gasteiger partial charge in [0.1, 0.15) is 0 Å². The molecule has 0 saturated carbocycles. The van der Waals surface area contributed by atoms with Crippen molar-refractivity contribution in [3.05, 3.63) is 30.1 Å². The summed E-state index contributed by atoms with van der Waals surface area (Å²) in [5, 5.41) is 4.32. The monoisotopic (exact) mass is 124 g/mol. The van der Waals surface area contributed by atoms with Gasteiger partial charge in [0.25, 0.3) is 0 Å². The van der Waals surface area contributed by atoms with Gasteiger partial charge in [0, 0.05) is 6.20 Å². The summed E-state index contributed by atoms with van der Waals surface area (Å²) in [7, 11) is 0. The lowest BCUT2D eigenvalue weighted by atomic mass is 10.2. The van der Waals surface area contributed by atoms with Gasteiger partial charge in [0.2, 0.25) is 1.43 Å². The molecule has 1 atom stereocenters. The second kappa shape index (κ2) is 2.60. The normalized spacial score (nSPS) is 14.6. The van der Waals surface area contributed by atoms with Crippen LogP contribution in [0.15, 0.2) is 24.4 Å². The lowest BCUT2D eigenvalue weighted by Gasteiger charge is -1.99. The van der Waals surface area contributed by atoms with E-state index in [4.69, 9.17) is 1.43 Å². The van der Waals surface area contributed by atoms with Crippen molar-refractivity contribution >= 4 is 0 Å². The van der Waals surface area contributed by atoms with Crippen LogP contribution in [-0.4, -0.2) is 11.5 Å². The molecule has 0 aromatic carbocycles. The Balaban J connectivity index is 2.75. The topological polar surface area (TPSA) is 33.1 Å². The van der Waals surface area contributed by atoms with Gasteiger partial charge in [0.05, 0.1) is 11.8 Å². The lowest BCUT2D eigenvalue weighted by Crippen LogP contribution is -1.92. The Morgan fingerprint density at radius 3 is 3.22 bits per heavy atom. The molecule has 1 rings (SSSR count). The number of pyridine rings is 1. The molecule has 1 aromatic heterocycles. The molecule has 0 saturated heterocycles. The molecule has 0 fully saturated rings. The van der Waals surface area contributed by atoms with Crippen molar-refractivity contribution in [2.24, 2.45) is 0 Å². The van der Waals surface area contributed by atoms with Crippen LogP contribution in [-0.2, 0) is 0 Å². The molecule has 1 heterocycles. The largest absolute Gasteiger partial charge is 0.387 e. The summed E-state index contributed by atoms with van der Waals surface area (Å²) >= 11 is 0. The van der Waals surface area contributed by atoms with Gasteiger partial charge < -0.3 is 5.11 Å². The Morgan fingerprint density at radius 1 is 1.78 bits per heavy atom. The molecule has 2 heteroatoms. The maximum Gasteiger partial charge on any atom is 0.211 e. The van der Waals surface area contributed by atoms with E-state index in [2.05, 4.69) is 10.1 Å². The maximum absolute atomic E-state index is 6.61. The molecule has 9 heavy (non-hydrogen) atoms. The highest BCUT2D eigenvalue weighted by molar-refractivity contribution is 5.05. The van der Waals surface area contributed by atoms with Crippen LogP contribution in [0.1, 0.15) is 18.7 Å². The molecule has 0 aliphatic carbocycles. The standard InChI is InChI=1S/C7H9NO/c1-6(9)7-4-2-3-5-8-7/h2-6,9H,1H3/i9D. The average Bonchev–Trinajstić information content (AvgIpc) is 2.05. The second-order valence-electron chi connectivity index (χ2n) is 1.90. The van der Waals surface area contributed by atoms with E-state index in [1.165, 1.54) is 0 Å². The number of rotatable bonds is 2. The van der Waals surface area contributed by atoms with Gasteiger partial charge in [-0.15, -0.1) is 0 Å². The summed E-state index contributed by atoms with van der Waals surface area (Å²) in [6, 6.07) is 5.54. The first-order valence-electron chi connectivity index (χ1n) is 3.28. The van der Waals surface area contributed by atoms with Crippen LogP contribution in [0.4, 0.5) is 0 Å². The molecule has 0 spiro atoms. The average molecular weight is 124 g/mol. The summed E-state index contributed by atoms with van der Waals surface area (Å²) in [4.78, 5) is 4.00. The fourth-order valence-electron chi connectivity index (χ4n) is 0.616. The summed E-state index contributed by atoms with van der Waals surface area (Å²) in [6.45, 7) is 1.79. The van der Waals surface area contributed by atoms with Crippen LogP contribution in [0.2, 0.25) is 0 Å². The van der Waals surface area contributed by atoms with Crippen LogP contribution in [0.25, 0.3) is 0 Å². The third-order valence-electron chi connectivity index (χ3n) is 1.10. The molecule has 1 N–H and O–H groups in total. The molecule has 0 radical (unpaired) electrons. The Morgan fingerprint density at radius 2 is 2.67 bits per heavy atom. The first-order valence-corrected chi connectivity index (χ1v) is 2.87. The van der Waals surface area contributed by atoms with E-state index in [9.17, 15) is 0 Å². The van der Waals surface area contributed by atoms with E-state index in [1.54, 1.807) is 13.1 Å². The molecule has 1 aromatic rings. The minimum absolute atomic E-state index is 0.235. The van der Waals surface area contributed by atoms with Crippen LogP contribution in [0.3, 0.4) is 0 Å².